The van der Waals surface area contributed by atoms with E-state index in [-0.39, 0.29) is 48.6 Å². The van der Waals surface area contributed by atoms with Crippen LogP contribution in [0.2, 0.25) is 0 Å². The number of likely N-dealkylation sites (tertiary alicyclic amines) is 1. The van der Waals surface area contributed by atoms with E-state index in [0.29, 0.717) is 18.7 Å². The summed E-state index contributed by atoms with van der Waals surface area (Å²) in [5, 5.41) is 11.3. The number of pyridine rings is 1. The molecule has 0 saturated carbocycles. The average Bonchev–Trinajstić information content (AvgIpc) is 3.36. The first-order chi connectivity index (χ1) is 13.5. The Balaban J connectivity index is 0.00000160. The van der Waals surface area contributed by atoms with Crippen LogP contribution in [0.4, 0.5) is 0 Å². The van der Waals surface area contributed by atoms with Gasteiger partial charge in [0.15, 0.2) is 5.65 Å². The lowest BCUT2D eigenvalue weighted by Crippen LogP contribution is -2.46. The number of carbonyl (C=O) groups is 2. The number of nitrogens with zero attached hydrogens (tertiary/aromatic N) is 4. The fourth-order valence-corrected chi connectivity index (χ4v) is 4.28. The normalized spacial score (nSPS) is 21.1. The maximum atomic E-state index is 13.2. The Hall–Kier alpha value is -1.90. The highest BCUT2D eigenvalue weighted by Gasteiger charge is 2.28. The predicted octanol–water partition coefficient (Wildman–Crippen LogP) is 1.84. The highest BCUT2D eigenvalue weighted by molar-refractivity contribution is 6.05. The van der Waals surface area contributed by atoms with Crippen molar-refractivity contribution in [3.8, 4) is 0 Å². The van der Waals surface area contributed by atoms with Crippen LogP contribution in [0.5, 0.6) is 0 Å². The Morgan fingerprint density at radius 3 is 2.80 bits per heavy atom. The van der Waals surface area contributed by atoms with Gasteiger partial charge in [0, 0.05) is 32.4 Å². The van der Waals surface area contributed by atoms with E-state index < -0.39 is 0 Å². The predicted molar refractivity (Wildman–Crippen MR) is 120 cm³/mol. The molecular formula is C20H30Cl2N6O2. The van der Waals surface area contributed by atoms with Crippen LogP contribution in [-0.4, -0.2) is 63.7 Å². The third-order valence-electron chi connectivity index (χ3n) is 5.81. The molecule has 2 fully saturated rings. The first kappa shape index (κ1) is 24.4. The maximum absolute atomic E-state index is 13.2. The summed E-state index contributed by atoms with van der Waals surface area (Å²) in [4.78, 5) is 31.9. The van der Waals surface area contributed by atoms with Crippen molar-refractivity contribution in [3.05, 3.63) is 23.5 Å². The summed E-state index contributed by atoms with van der Waals surface area (Å²) < 4.78 is 1.70. The number of piperidine rings is 1. The number of carbonyl (C=O) groups excluding carboxylic acids is 2. The largest absolute Gasteiger partial charge is 0.354 e. The summed E-state index contributed by atoms with van der Waals surface area (Å²) in [6.07, 6.45) is 5.65. The van der Waals surface area contributed by atoms with Crippen LogP contribution in [0.15, 0.2) is 12.3 Å². The van der Waals surface area contributed by atoms with Gasteiger partial charge in [-0.1, -0.05) is 0 Å². The molecule has 2 unspecified atom stereocenters. The van der Waals surface area contributed by atoms with E-state index in [1.807, 2.05) is 24.9 Å². The zero-order chi connectivity index (χ0) is 19.7. The number of rotatable bonds is 4. The third-order valence-corrected chi connectivity index (χ3v) is 5.81. The first-order valence-corrected chi connectivity index (χ1v) is 10.1. The van der Waals surface area contributed by atoms with Gasteiger partial charge in [-0.05, 0) is 51.1 Å². The molecule has 2 aromatic heterocycles. The van der Waals surface area contributed by atoms with Crippen molar-refractivity contribution in [1.82, 2.24) is 30.3 Å². The van der Waals surface area contributed by atoms with Crippen LogP contribution in [0.1, 0.15) is 41.7 Å². The first-order valence-electron chi connectivity index (χ1n) is 10.1. The molecule has 4 rings (SSSR count). The molecule has 2 saturated heterocycles. The molecule has 0 spiro atoms. The molecule has 0 bridgehead atoms. The van der Waals surface area contributed by atoms with Crippen molar-refractivity contribution in [2.45, 2.75) is 38.6 Å². The Morgan fingerprint density at radius 1 is 1.27 bits per heavy atom. The lowest BCUT2D eigenvalue weighted by atomic mass is 9.96. The average molecular weight is 457 g/mol. The van der Waals surface area contributed by atoms with Gasteiger partial charge in [0.05, 0.1) is 23.2 Å². The van der Waals surface area contributed by atoms with Crippen molar-refractivity contribution < 1.29 is 9.59 Å². The molecule has 0 aliphatic carbocycles. The zero-order valence-electron chi connectivity index (χ0n) is 17.4. The fourth-order valence-electron chi connectivity index (χ4n) is 4.28. The van der Waals surface area contributed by atoms with Gasteiger partial charge in [-0.3, -0.25) is 14.3 Å². The smallest absolute Gasteiger partial charge is 0.254 e. The molecule has 2 aliphatic heterocycles. The molecule has 10 heteroatoms. The van der Waals surface area contributed by atoms with Crippen molar-refractivity contribution in [1.29, 1.82) is 0 Å². The molecule has 2 amide bonds. The Kier molecular flexibility index (Phi) is 8.46. The second kappa shape index (κ2) is 10.4. The van der Waals surface area contributed by atoms with Crippen molar-refractivity contribution in [2.24, 2.45) is 13.0 Å². The highest BCUT2D eigenvalue weighted by atomic mass is 35.5. The minimum absolute atomic E-state index is 0. The van der Waals surface area contributed by atoms with Crippen LogP contribution < -0.4 is 10.6 Å². The molecule has 30 heavy (non-hydrogen) atoms. The van der Waals surface area contributed by atoms with Gasteiger partial charge in [-0.2, -0.15) is 5.10 Å². The van der Waals surface area contributed by atoms with Crippen molar-refractivity contribution >= 4 is 47.7 Å². The Bertz CT molecular complexity index is 897. The molecular weight excluding hydrogens is 427 g/mol. The standard InChI is InChI=1S/C20H28N6O2.2ClH/c1-13-9-15(16-11-23-25(2)18(16)24-13)20(28)26-8-4-5-14(12-26)10-22-19(27)17-6-3-7-21-17;;/h9,11,14,17,21H,3-8,10,12H2,1-2H3,(H,22,27);2*1H. The van der Waals surface area contributed by atoms with Crippen molar-refractivity contribution in [2.75, 3.05) is 26.2 Å². The number of fused-ring (bicyclic) bond motifs is 1. The second-order valence-electron chi connectivity index (χ2n) is 7.97. The maximum Gasteiger partial charge on any atom is 0.254 e. The third kappa shape index (κ3) is 5.04. The molecule has 2 aromatic rings. The minimum atomic E-state index is -0.0556. The molecule has 0 aromatic carbocycles. The van der Waals surface area contributed by atoms with Gasteiger partial charge in [-0.15, -0.1) is 24.8 Å². The van der Waals surface area contributed by atoms with Crippen LogP contribution in [0.25, 0.3) is 11.0 Å². The van der Waals surface area contributed by atoms with Gasteiger partial charge in [-0.25, -0.2) is 4.98 Å². The van der Waals surface area contributed by atoms with E-state index in [1.165, 1.54) is 0 Å². The lowest BCUT2D eigenvalue weighted by Gasteiger charge is -2.33. The van der Waals surface area contributed by atoms with Gasteiger partial charge < -0.3 is 15.5 Å². The molecule has 8 nitrogen and oxygen atoms in total. The van der Waals surface area contributed by atoms with E-state index in [0.717, 1.165) is 55.5 Å². The molecule has 2 aliphatic rings. The lowest BCUT2D eigenvalue weighted by molar-refractivity contribution is -0.123. The van der Waals surface area contributed by atoms with Gasteiger partial charge in [0.1, 0.15) is 0 Å². The summed E-state index contributed by atoms with van der Waals surface area (Å²) >= 11 is 0. The number of hydrogen-bond donors (Lipinski definition) is 2. The summed E-state index contributed by atoms with van der Waals surface area (Å²) in [7, 11) is 1.84. The molecule has 166 valence electrons. The minimum Gasteiger partial charge on any atom is -0.354 e. The van der Waals surface area contributed by atoms with Gasteiger partial charge >= 0.3 is 0 Å². The van der Waals surface area contributed by atoms with Crippen molar-refractivity contribution in [3.63, 3.8) is 0 Å². The van der Waals surface area contributed by atoms with E-state index in [4.69, 9.17) is 0 Å². The molecule has 0 radical (unpaired) electrons. The Labute approximate surface area is 189 Å². The number of aryl methyl sites for hydroxylation is 2. The van der Waals surface area contributed by atoms with E-state index in [1.54, 1.807) is 10.9 Å². The number of aromatic nitrogens is 3. The van der Waals surface area contributed by atoms with E-state index in [9.17, 15) is 9.59 Å². The Morgan fingerprint density at radius 2 is 2.07 bits per heavy atom. The summed E-state index contributed by atoms with van der Waals surface area (Å²) in [6, 6.07) is 1.80. The monoisotopic (exact) mass is 456 g/mol. The quantitative estimate of drug-likeness (QED) is 0.731. The summed E-state index contributed by atoms with van der Waals surface area (Å²) in [5.41, 5.74) is 2.20. The number of hydrogen-bond acceptors (Lipinski definition) is 5. The molecule has 4 heterocycles. The summed E-state index contributed by atoms with van der Waals surface area (Å²) in [6.45, 7) is 4.85. The molecule has 2 N–H and O–H groups in total. The van der Waals surface area contributed by atoms with E-state index in [2.05, 4.69) is 20.7 Å². The van der Waals surface area contributed by atoms with E-state index >= 15 is 0 Å². The SMILES string of the molecule is Cc1cc(C(=O)N2CCCC(CNC(=O)C3CCCN3)C2)c2cnn(C)c2n1.Cl.Cl. The number of amides is 2. The van der Waals surface area contributed by atoms with Crippen LogP contribution in [0.3, 0.4) is 0 Å². The van der Waals surface area contributed by atoms with Crippen LogP contribution >= 0.6 is 24.8 Å². The van der Waals surface area contributed by atoms with Crippen LogP contribution in [-0.2, 0) is 11.8 Å². The summed E-state index contributed by atoms with van der Waals surface area (Å²) in [5.74, 6) is 0.398. The second-order valence-corrected chi connectivity index (χ2v) is 7.97. The highest BCUT2D eigenvalue weighted by Crippen LogP contribution is 2.23. The molecule has 2 atom stereocenters. The number of halogens is 2. The zero-order valence-corrected chi connectivity index (χ0v) is 19.0. The van der Waals surface area contributed by atoms with Gasteiger partial charge in [0.25, 0.3) is 5.91 Å². The number of nitrogens with one attached hydrogen (secondary N) is 2. The van der Waals surface area contributed by atoms with Crippen LogP contribution in [0, 0.1) is 12.8 Å². The fraction of sp³-hybridized carbons (Fsp3) is 0.600. The van der Waals surface area contributed by atoms with Gasteiger partial charge in [0.2, 0.25) is 5.91 Å². The topological polar surface area (TPSA) is 92.2 Å².